The van der Waals surface area contributed by atoms with Gasteiger partial charge in [-0.05, 0) is 67.3 Å². The van der Waals surface area contributed by atoms with Gasteiger partial charge in [-0.15, -0.1) is 0 Å². The number of amides is 2. The number of benzene rings is 3. The maximum absolute atomic E-state index is 12.9. The molecule has 0 atom stereocenters. The summed E-state index contributed by atoms with van der Waals surface area (Å²) in [6.45, 7) is 6.30. The molecule has 2 N–H and O–H groups in total. The molecule has 0 saturated heterocycles. The lowest BCUT2D eigenvalue weighted by Gasteiger charge is -2.16. The average molecular weight is 439 g/mol. The minimum atomic E-state index is -4.04. The summed E-state index contributed by atoms with van der Waals surface area (Å²) in [6, 6.07) is 18.9. The molecule has 7 heteroatoms. The molecular weight excluding hydrogens is 412 g/mol. The minimum absolute atomic E-state index is 0.0114. The number of carbonyl (C=O) groups excluding carboxylic acids is 1. The first-order valence-electron chi connectivity index (χ1n) is 10.1. The molecule has 31 heavy (non-hydrogen) atoms. The van der Waals surface area contributed by atoms with Crippen molar-refractivity contribution >= 4 is 21.8 Å². The van der Waals surface area contributed by atoms with Crippen molar-refractivity contribution < 1.29 is 17.4 Å². The molecule has 162 valence electrons. The summed E-state index contributed by atoms with van der Waals surface area (Å²) in [6.07, 6.45) is 0.616. The van der Waals surface area contributed by atoms with Gasteiger partial charge in [-0.3, -0.25) is 0 Å². The zero-order valence-corrected chi connectivity index (χ0v) is 18.6. The van der Waals surface area contributed by atoms with Crippen molar-refractivity contribution in [3.05, 3.63) is 77.9 Å². The lowest BCUT2D eigenvalue weighted by Crippen LogP contribution is -2.28. The van der Waals surface area contributed by atoms with E-state index in [1.165, 1.54) is 24.3 Å². The summed E-state index contributed by atoms with van der Waals surface area (Å²) in [5.41, 5.74) is 4.42. The highest BCUT2D eigenvalue weighted by Crippen LogP contribution is 2.34. The summed E-state index contributed by atoms with van der Waals surface area (Å²) in [7, 11) is -4.04. The van der Waals surface area contributed by atoms with Crippen LogP contribution in [0, 0.1) is 6.92 Å². The van der Waals surface area contributed by atoms with Gasteiger partial charge in [0.05, 0.1) is 0 Å². The van der Waals surface area contributed by atoms with E-state index in [2.05, 4.69) is 10.6 Å². The molecular formula is C24H26N2O4S. The first kappa shape index (κ1) is 22.4. The second-order valence-electron chi connectivity index (χ2n) is 7.00. The highest BCUT2D eigenvalue weighted by atomic mass is 32.2. The predicted octanol–water partition coefficient (Wildman–Crippen LogP) is 5.13. The molecule has 0 saturated carbocycles. The number of anilines is 1. The van der Waals surface area contributed by atoms with Crippen LogP contribution in [0.1, 0.15) is 25.0 Å². The number of hydrogen-bond donors (Lipinski definition) is 2. The van der Waals surface area contributed by atoms with Gasteiger partial charge in [-0.2, -0.15) is 8.42 Å². The molecule has 0 fully saturated rings. The van der Waals surface area contributed by atoms with Crippen LogP contribution in [0.25, 0.3) is 11.1 Å². The van der Waals surface area contributed by atoms with E-state index in [1.54, 1.807) is 12.1 Å². The molecule has 3 aromatic carbocycles. The quantitative estimate of drug-likeness (QED) is 0.501. The molecule has 0 aliphatic heterocycles. The molecule has 0 spiro atoms. The third kappa shape index (κ3) is 5.24. The summed E-state index contributed by atoms with van der Waals surface area (Å²) in [4.78, 5) is 11.6. The lowest BCUT2D eigenvalue weighted by atomic mass is 9.94. The highest BCUT2D eigenvalue weighted by Gasteiger charge is 2.20. The van der Waals surface area contributed by atoms with Crippen LogP contribution in [-0.4, -0.2) is 21.0 Å². The van der Waals surface area contributed by atoms with E-state index < -0.39 is 10.1 Å². The molecule has 0 unspecified atom stereocenters. The van der Waals surface area contributed by atoms with E-state index in [4.69, 9.17) is 4.18 Å². The third-order valence-electron chi connectivity index (χ3n) is 4.86. The van der Waals surface area contributed by atoms with Crippen molar-refractivity contribution in [1.82, 2.24) is 5.32 Å². The molecule has 3 rings (SSSR count). The number of urea groups is 1. The van der Waals surface area contributed by atoms with Gasteiger partial charge in [0, 0.05) is 17.8 Å². The molecule has 2 amide bonds. The van der Waals surface area contributed by atoms with Crippen molar-refractivity contribution in [2.24, 2.45) is 0 Å². The summed E-state index contributed by atoms with van der Waals surface area (Å²) >= 11 is 0. The molecule has 3 aromatic rings. The van der Waals surface area contributed by atoms with E-state index in [0.717, 1.165) is 22.3 Å². The number of hydrogen-bond acceptors (Lipinski definition) is 4. The predicted molar refractivity (Wildman–Crippen MR) is 123 cm³/mol. The topological polar surface area (TPSA) is 84.5 Å². The van der Waals surface area contributed by atoms with E-state index in [-0.39, 0.29) is 10.9 Å². The summed E-state index contributed by atoms with van der Waals surface area (Å²) in [5, 5.41) is 5.25. The van der Waals surface area contributed by atoms with E-state index in [1.807, 2.05) is 51.1 Å². The van der Waals surface area contributed by atoms with Crippen LogP contribution in [0.3, 0.4) is 0 Å². The SMILES string of the molecule is CCNC(=O)Nc1ccc(S(=O)(=O)Oc2cccc(-c3ccccc3C)c2CC)cc1. The Bertz CT molecular complexity index is 1170. The first-order chi connectivity index (χ1) is 14.9. The maximum Gasteiger partial charge on any atom is 0.339 e. The van der Waals surface area contributed by atoms with Crippen LogP contribution in [0.15, 0.2) is 71.6 Å². The molecule has 0 aliphatic rings. The van der Waals surface area contributed by atoms with Crippen LogP contribution in [0.2, 0.25) is 0 Å². The smallest absolute Gasteiger partial charge is 0.339 e. The minimum Gasteiger partial charge on any atom is -0.379 e. The first-order valence-corrected chi connectivity index (χ1v) is 11.5. The monoisotopic (exact) mass is 438 g/mol. The Morgan fingerprint density at radius 3 is 2.23 bits per heavy atom. The Morgan fingerprint density at radius 1 is 0.903 bits per heavy atom. The zero-order chi connectivity index (χ0) is 22.4. The lowest BCUT2D eigenvalue weighted by molar-refractivity contribution is 0.252. The Balaban J connectivity index is 1.89. The molecule has 0 heterocycles. The van der Waals surface area contributed by atoms with Gasteiger partial charge in [0.25, 0.3) is 0 Å². The van der Waals surface area contributed by atoms with Crippen LogP contribution in [0.4, 0.5) is 10.5 Å². The summed E-state index contributed by atoms with van der Waals surface area (Å²) < 4.78 is 31.3. The van der Waals surface area contributed by atoms with Crippen LogP contribution in [0.5, 0.6) is 5.75 Å². The number of nitrogens with one attached hydrogen (secondary N) is 2. The Kier molecular flexibility index (Phi) is 6.97. The van der Waals surface area contributed by atoms with Gasteiger partial charge < -0.3 is 14.8 Å². The Labute approximate surface area is 183 Å². The average Bonchev–Trinajstić information content (AvgIpc) is 2.74. The van der Waals surface area contributed by atoms with Crippen LogP contribution >= 0.6 is 0 Å². The Morgan fingerprint density at radius 2 is 1.58 bits per heavy atom. The molecule has 0 radical (unpaired) electrons. The number of rotatable bonds is 7. The maximum atomic E-state index is 12.9. The van der Waals surface area contributed by atoms with Gasteiger partial charge in [-0.1, -0.05) is 43.3 Å². The highest BCUT2D eigenvalue weighted by molar-refractivity contribution is 7.87. The number of carbonyl (C=O) groups is 1. The number of aryl methyl sites for hydroxylation is 1. The van der Waals surface area contributed by atoms with Crippen LogP contribution < -0.4 is 14.8 Å². The fourth-order valence-electron chi connectivity index (χ4n) is 3.34. The zero-order valence-electron chi connectivity index (χ0n) is 17.8. The van der Waals surface area contributed by atoms with Crippen LogP contribution in [-0.2, 0) is 16.5 Å². The molecule has 6 nitrogen and oxygen atoms in total. The molecule has 0 aromatic heterocycles. The van der Waals surface area contributed by atoms with E-state index in [0.29, 0.717) is 24.4 Å². The second kappa shape index (κ2) is 9.66. The fourth-order valence-corrected chi connectivity index (χ4v) is 4.30. The standard InChI is InChI=1S/C24H26N2O4S/c1-4-20-22(21-10-7-6-9-17(21)3)11-8-12-23(20)30-31(28,29)19-15-13-18(14-16-19)26-24(27)25-5-2/h6-16H,4-5H2,1-3H3,(H2,25,26,27). The fraction of sp³-hybridized carbons (Fsp3) is 0.208. The van der Waals surface area contributed by atoms with Crippen molar-refractivity contribution in [3.63, 3.8) is 0 Å². The van der Waals surface area contributed by atoms with E-state index >= 15 is 0 Å². The van der Waals surface area contributed by atoms with Gasteiger partial charge >= 0.3 is 16.1 Å². The van der Waals surface area contributed by atoms with Crippen molar-refractivity contribution in [1.29, 1.82) is 0 Å². The van der Waals surface area contributed by atoms with Crippen molar-refractivity contribution in [2.75, 3.05) is 11.9 Å². The van der Waals surface area contributed by atoms with Gasteiger partial charge in [-0.25, -0.2) is 4.79 Å². The van der Waals surface area contributed by atoms with Gasteiger partial charge in [0.1, 0.15) is 10.6 Å². The third-order valence-corrected chi connectivity index (χ3v) is 6.11. The molecule has 0 aliphatic carbocycles. The van der Waals surface area contributed by atoms with Gasteiger partial charge in [0.2, 0.25) is 0 Å². The molecule has 0 bridgehead atoms. The largest absolute Gasteiger partial charge is 0.379 e. The van der Waals surface area contributed by atoms with E-state index in [9.17, 15) is 13.2 Å². The Hall–Kier alpha value is -3.32. The van der Waals surface area contributed by atoms with Crippen molar-refractivity contribution in [2.45, 2.75) is 32.1 Å². The normalized spacial score (nSPS) is 11.1. The van der Waals surface area contributed by atoms with Gasteiger partial charge in [0.15, 0.2) is 0 Å². The van der Waals surface area contributed by atoms with Crippen molar-refractivity contribution in [3.8, 4) is 16.9 Å². The summed E-state index contributed by atoms with van der Waals surface area (Å²) in [5.74, 6) is 0.313. The second-order valence-corrected chi connectivity index (χ2v) is 8.54.